The molecule has 0 bridgehead atoms. The summed E-state index contributed by atoms with van der Waals surface area (Å²) < 4.78 is 27.7. The van der Waals surface area contributed by atoms with Gasteiger partial charge in [-0.3, -0.25) is 4.98 Å². The summed E-state index contributed by atoms with van der Waals surface area (Å²) >= 11 is 0. The van der Waals surface area contributed by atoms with E-state index in [4.69, 9.17) is 14.1 Å². The number of aryl methyl sites for hydroxylation is 1. The predicted octanol–water partition coefficient (Wildman–Crippen LogP) is 7.14. The first-order chi connectivity index (χ1) is 17.8. The van der Waals surface area contributed by atoms with Crippen molar-refractivity contribution in [1.29, 1.82) is 0 Å². The Bertz CT molecular complexity index is 1570. The maximum absolute atomic E-state index is 14.0. The minimum Gasteiger partial charge on any atom is -0.469 e. The molecule has 2 aromatic carbocycles. The molecule has 5 aromatic rings. The lowest BCUT2D eigenvalue weighted by molar-refractivity contribution is 0.0552. The molecule has 6 rings (SSSR count). The molecule has 1 aliphatic rings. The van der Waals surface area contributed by atoms with Gasteiger partial charge >= 0.3 is 0 Å². The minimum atomic E-state index is -0.994. The zero-order valence-electron chi connectivity index (χ0n) is 21.4. The summed E-state index contributed by atoms with van der Waals surface area (Å²) in [7, 11) is 0. The number of halogens is 1. The number of benzene rings is 2. The van der Waals surface area contributed by atoms with Gasteiger partial charge in [-0.15, -0.1) is 0 Å². The Kier molecular flexibility index (Phi) is 5.89. The maximum Gasteiger partial charge on any atom is 0.123 e. The smallest absolute Gasteiger partial charge is 0.123 e. The average Bonchev–Trinajstić information content (AvgIpc) is 3.46. The fourth-order valence-electron chi connectivity index (χ4n) is 5.74. The number of fused-ring (bicyclic) bond motifs is 3. The van der Waals surface area contributed by atoms with Crippen LogP contribution in [0.4, 0.5) is 4.39 Å². The summed E-state index contributed by atoms with van der Waals surface area (Å²) in [6.45, 7) is 6.95. The molecule has 0 radical (unpaired) electrons. The number of ether oxygens (including phenoxy) is 1. The summed E-state index contributed by atoms with van der Waals surface area (Å²) in [5.41, 5.74) is 5.78. The van der Waals surface area contributed by atoms with Gasteiger partial charge in [-0.2, -0.15) is 0 Å². The molecule has 190 valence electrons. The second-order valence-electron chi connectivity index (χ2n) is 10.6. The molecule has 37 heavy (non-hydrogen) atoms. The molecule has 1 aliphatic heterocycles. The van der Waals surface area contributed by atoms with Crippen LogP contribution in [0.15, 0.2) is 71.5 Å². The largest absolute Gasteiger partial charge is 0.469 e. The predicted molar refractivity (Wildman–Crippen MR) is 143 cm³/mol. The highest BCUT2D eigenvalue weighted by Gasteiger charge is 2.31. The molecule has 5 nitrogen and oxygen atoms in total. The van der Waals surface area contributed by atoms with Crippen LogP contribution in [0.1, 0.15) is 49.6 Å². The number of aromatic nitrogens is 2. The van der Waals surface area contributed by atoms with Crippen molar-refractivity contribution in [2.45, 2.75) is 45.3 Å². The summed E-state index contributed by atoms with van der Waals surface area (Å²) in [5.74, 6) is 0.885. The molecular weight excluding hydrogens is 467 g/mol. The van der Waals surface area contributed by atoms with Gasteiger partial charge in [0, 0.05) is 35.9 Å². The second kappa shape index (κ2) is 9.12. The molecular formula is C31H31FN2O3. The van der Waals surface area contributed by atoms with Gasteiger partial charge in [0.25, 0.3) is 0 Å². The lowest BCUT2D eigenvalue weighted by Gasteiger charge is -2.33. The van der Waals surface area contributed by atoms with Gasteiger partial charge in [0.05, 0.1) is 34.5 Å². The van der Waals surface area contributed by atoms with E-state index >= 15 is 0 Å². The molecule has 1 atom stereocenters. The van der Waals surface area contributed by atoms with Crippen LogP contribution < -0.4 is 0 Å². The van der Waals surface area contributed by atoms with Crippen molar-refractivity contribution in [1.82, 2.24) is 9.55 Å². The molecule has 6 heteroatoms. The van der Waals surface area contributed by atoms with Crippen LogP contribution in [0.5, 0.6) is 0 Å². The van der Waals surface area contributed by atoms with Crippen molar-refractivity contribution in [3.8, 4) is 11.1 Å². The minimum absolute atomic E-state index is 0.0518. The number of furan rings is 1. The van der Waals surface area contributed by atoms with Crippen LogP contribution in [0.3, 0.4) is 0 Å². The molecule has 3 aromatic heterocycles. The van der Waals surface area contributed by atoms with Crippen LogP contribution in [0, 0.1) is 18.7 Å². The number of hydrogen-bond donors (Lipinski definition) is 1. The summed E-state index contributed by atoms with van der Waals surface area (Å²) in [4.78, 5) is 4.94. The topological polar surface area (TPSA) is 60.4 Å². The van der Waals surface area contributed by atoms with Crippen LogP contribution in [0.25, 0.3) is 33.1 Å². The molecule has 1 unspecified atom stereocenters. The molecule has 1 fully saturated rings. The first kappa shape index (κ1) is 23.9. The van der Waals surface area contributed by atoms with Crippen molar-refractivity contribution in [2.24, 2.45) is 5.92 Å². The number of pyridine rings is 1. The standard InChI is InChI=1S/C31H31FN2O3/c1-19-25(12-15-37-19)22-16-28-29(33-18-22)26-9-6-23(31(2,3)35)17-27(26)34(28)30(21-10-13-36-14-11-21)20-4-7-24(32)8-5-20/h4-9,12,15-18,21,30,35H,10-11,13-14H2,1-3H3. The van der Waals surface area contributed by atoms with Gasteiger partial charge in [0.15, 0.2) is 0 Å². The summed E-state index contributed by atoms with van der Waals surface area (Å²) in [6, 6.07) is 17.1. The highest BCUT2D eigenvalue weighted by Crippen LogP contribution is 2.42. The Morgan fingerprint density at radius 3 is 2.46 bits per heavy atom. The first-order valence-electron chi connectivity index (χ1n) is 12.9. The molecule has 1 saturated heterocycles. The van der Waals surface area contributed by atoms with Crippen LogP contribution >= 0.6 is 0 Å². The maximum atomic E-state index is 14.0. The van der Waals surface area contributed by atoms with E-state index in [0.29, 0.717) is 19.1 Å². The molecule has 0 amide bonds. The zero-order valence-corrected chi connectivity index (χ0v) is 21.4. The average molecular weight is 499 g/mol. The Balaban J connectivity index is 1.68. The van der Waals surface area contributed by atoms with Crippen LogP contribution in [0.2, 0.25) is 0 Å². The fraction of sp³-hybridized carbons (Fsp3) is 0.323. The number of nitrogens with zero attached hydrogens (tertiary/aromatic N) is 2. The fourth-order valence-corrected chi connectivity index (χ4v) is 5.74. The van der Waals surface area contributed by atoms with Crippen molar-refractivity contribution < 1.29 is 18.7 Å². The van der Waals surface area contributed by atoms with Gasteiger partial charge in [0.2, 0.25) is 0 Å². The summed E-state index contributed by atoms with van der Waals surface area (Å²) in [6.07, 6.45) is 5.41. The Hall–Kier alpha value is -3.48. The van der Waals surface area contributed by atoms with E-state index in [9.17, 15) is 9.50 Å². The van der Waals surface area contributed by atoms with E-state index in [1.54, 1.807) is 20.1 Å². The van der Waals surface area contributed by atoms with E-state index in [0.717, 1.165) is 62.8 Å². The third kappa shape index (κ3) is 4.24. The van der Waals surface area contributed by atoms with E-state index < -0.39 is 5.60 Å². The monoisotopic (exact) mass is 498 g/mol. The lowest BCUT2D eigenvalue weighted by atomic mass is 9.86. The Morgan fingerprint density at radius 1 is 1.03 bits per heavy atom. The molecule has 1 N–H and O–H groups in total. The van der Waals surface area contributed by atoms with Gasteiger partial charge in [-0.1, -0.05) is 24.3 Å². The highest BCUT2D eigenvalue weighted by atomic mass is 19.1. The molecule has 0 spiro atoms. The van der Waals surface area contributed by atoms with E-state index in [1.807, 2.05) is 37.4 Å². The Labute approximate surface area is 215 Å². The van der Waals surface area contributed by atoms with Crippen LogP contribution in [-0.2, 0) is 10.3 Å². The highest BCUT2D eigenvalue weighted by molar-refractivity contribution is 6.07. The van der Waals surface area contributed by atoms with Gasteiger partial charge in [0.1, 0.15) is 11.6 Å². The van der Waals surface area contributed by atoms with Gasteiger partial charge in [-0.25, -0.2) is 4.39 Å². The third-order valence-electron chi connectivity index (χ3n) is 7.72. The van der Waals surface area contributed by atoms with Crippen molar-refractivity contribution in [2.75, 3.05) is 13.2 Å². The Morgan fingerprint density at radius 2 is 1.78 bits per heavy atom. The van der Waals surface area contributed by atoms with Gasteiger partial charge < -0.3 is 18.8 Å². The van der Waals surface area contributed by atoms with Crippen molar-refractivity contribution >= 4 is 21.9 Å². The quantitative estimate of drug-likeness (QED) is 0.280. The molecule has 0 aliphatic carbocycles. The van der Waals surface area contributed by atoms with Crippen LogP contribution in [-0.4, -0.2) is 27.9 Å². The van der Waals surface area contributed by atoms with Crippen molar-refractivity contribution in [3.63, 3.8) is 0 Å². The molecule has 0 saturated carbocycles. The first-order valence-corrected chi connectivity index (χ1v) is 12.9. The normalized spacial score (nSPS) is 16.0. The summed E-state index contributed by atoms with van der Waals surface area (Å²) in [5, 5.41) is 11.9. The SMILES string of the molecule is Cc1occc1-c1cnc2c3ccc(C(C)(C)O)cc3n(C(c3ccc(F)cc3)C3CCOCC3)c2c1. The van der Waals surface area contributed by atoms with E-state index in [-0.39, 0.29) is 11.9 Å². The molecule has 4 heterocycles. The number of rotatable bonds is 5. The number of hydrogen-bond acceptors (Lipinski definition) is 4. The lowest BCUT2D eigenvalue weighted by Crippen LogP contribution is -2.27. The van der Waals surface area contributed by atoms with Crippen molar-refractivity contribution in [3.05, 3.63) is 89.8 Å². The number of aliphatic hydroxyl groups is 1. The second-order valence-corrected chi connectivity index (χ2v) is 10.6. The third-order valence-corrected chi connectivity index (χ3v) is 7.72. The van der Waals surface area contributed by atoms with E-state index in [2.05, 4.69) is 22.8 Å². The van der Waals surface area contributed by atoms with E-state index in [1.165, 1.54) is 12.1 Å². The van der Waals surface area contributed by atoms with Gasteiger partial charge in [-0.05, 0) is 81.0 Å². The zero-order chi connectivity index (χ0) is 25.7.